The Morgan fingerprint density at radius 2 is 1.90 bits per heavy atom. The van der Waals surface area contributed by atoms with E-state index in [1.54, 1.807) is 30.3 Å². The van der Waals surface area contributed by atoms with Crippen molar-refractivity contribution < 1.29 is 9.18 Å². The molecule has 0 aliphatic heterocycles. The molecular formula is C16H18FN3O. The first-order chi connectivity index (χ1) is 10.1. The number of hydrogen-bond donors (Lipinski definition) is 3. The zero-order valence-corrected chi connectivity index (χ0v) is 11.8. The molecule has 0 aliphatic carbocycles. The van der Waals surface area contributed by atoms with Gasteiger partial charge in [0.15, 0.2) is 0 Å². The van der Waals surface area contributed by atoms with Crippen molar-refractivity contribution in [2.24, 2.45) is 0 Å². The first-order valence-electron chi connectivity index (χ1n) is 6.76. The summed E-state index contributed by atoms with van der Waals surface area (Å²) in [6, 6.07) is 11.5. The summed E-state index contributed by atoms with van der Waals surface area (Å²) in [6.45, 7) is 2.97. The SMILES string of the molecule is CCNC(=O)c1ccc(NCc2ccc(F)cc2)cc1N. The third kappa shape index (κ3) is 3.95. The van der Waals surface area contributed by atoms with Crippen LogP contribution in [0.3, 0.4) is 0 Å². The lowest BCUT2D eigenvalue weighted by atomic mass is 10.1. The van der Waals surface area contributed by atoms with Crippen LogP contribution in [0.4, 0.5) is 15.8 Å². The number of amides is 1. The minimum absolute atomic E-state index is 0.180. The van der Waals surface area contributed by atoms with E-state index in [4.69, 9.17) is 5.73 Å². The molecule has 2 rings (SSSR count). The summed E-state index contributed by atoms with van der Waals surface area (Å²) in [6.07, 6.45) is 0. The largest absolute Gasteiger partial charge is 0.398 e. The predicted molar refractivity (Wildman–Crippen MR) is 82.6 cm³/mol. The Morgan fingerprint density at radius 3 is 2.52 bits per heavy atom. The van der Waals surface area contributed by atoms with Crippen LogP contribution in [0.15, 0.2) is 42.5 Å². The Kier molecular flexibility index (Phi) is 4.77. The number of halogens is 1. The van der Waals surface area contributed by atoms with Gasteiger partial charge < -0.3 is 16.4 Å². The summed E-state index contributed by atoms with van der Waals surface area (Å²) in [7, 11) is 0. The fraction of sp³-hybridized carbons (Fsp3) is 0.188. The zero-order valence-electron chi connectivity index (χ0n) is 11.8. The molecule has 5 heteroatoms. The standard InChI is InChI=1S/C16H18FN3O/c1-2-19-16(21)14-8-7-13(9-15(14)18)20-10-11-3-5-12(17)6-4-11/h3-9,20H,2,10,18H2,1H3,(H,19,21). The Morgan fingerprint density at radius 1 is 1.19 bits per heavy atom. The van der Waals surface area contributed by atoms with Crippen molar-refractivity contribution in [1.29, 1.82) is 0 Å². The molecule has 0 radical (unpaired) electrons. The van der Waals surface area contributed by atoms with Crippen LogP contribution in [0.2, 0.25) is 0 Å². The fourth-order valence-corrected chi connectivity index (χ4v) is 1.94. The molecule has 4 N–H and O–H groups in total. The summed E-state index contributed by atoms with van der Waals surface area (Å²) in [5.41, 5.74) is 8.55. The number of benzene rings is 2. The Balaban J connectivity index is 2.03. The molecule has 0 unspecified atom stereocenters. The Hall–Kier alpha value is -2.56. The van der Waals surface area contributed by atoms with Gasteiger partial charge in [0, 0.05) is 24.5 Å². The van der Waals surface area contributed by atoms with Gasteiger partial charge in [-0.05, 0) is 42.8 Å². The molecule has 2 aromatic carbocycles. The van der Waals surface area contributed by atoms with E-state index >= 15 is 0 Å². The molecule has 0 aromatic heterocycles. The van der Waals surface area contributed by atoms with Crippen molar-refractivity contribution in [2.45, 2.75) is 13.5 Å². The van der Waals surface area contributed by atoms with Gasteiger partial charge in [-0.15, -0.1) is 0 Å². The highest BCUT2D eigenvalue weighted by Gasteiger charge is 2.08. The molecule has 2 aromatic rings. The molecule has 0 bridgehead atoms. The van der Waals surface area contributed by atoms with E-state index in [0.29, 0.717) is 24.3 Å². The second-order valence-electron chi connectivity index (χ2n) is 4.64. The molecule has 110 valence electrons. The molecule has 0 heterocycles. The quantitative estimate of drug-likeness (QED) is 0.741. The van der Waals surface area contributed by atoms with E-state index in [1.165, 1.54) is 12.1 Å². The summed E-state index contributed by atoms with van der Waals surface area (Å²) < 4.78 is 12.8. The molecule has 0 spiro atoms. The third-order valence-electron chi connectivity index (χ3n) is 3.04. The normalized spacial score (nSPS) is 10.2. The average Bonchev–Trinajstić information content (AvgIpc) is 2.47. The molecule has 0 aliphatic rings. The summed E-state index contributed by atoms with van der Waals surface area (Å²) >= 11 is 0. The van der Waals surface area contributed by atoms with E-state index < -0.39 is 0 Å². The van der Waals surface area contributed by atoms with Gasteiger partial charge in [-0.3, -0.25) is 4.79 Å². The van der Waals surface area contributed by atoms with E-state index in [-0.39, 0.29) is 11.7 Å². The van der Waals surface area contributed by atoms with Crippen molar-refractivity contribution >= 4 is 17.3 Å². The third-order valence-corrected chi connectivity index (χ3v) is 3.04. The van der Waals surface area contributed by atoms with Gasteiger partial charge in [0.2, 0.25) is 0 Å². The monoisotopic (exact) mass is 287 g/mol. The van der Waals surface area contributed by atoms with Crippen LogP contribution in [0.1, 0.15) is 22.8 Å². The van der Waals surface area contributed by atoms with Crippen LogP contribution in [-0.2, 0) is 6.54 Å². The zero-order chi connectivity index (χ0) is 15.2. The fourth-order valence-electron chi connectivity index (χ4n) is 1.94. The maximum Gasteiger partial charge on any atom is 0.253 e. The number of anilines is 2. The molecule has 0 atom stereocenters. The number of rotatable bonds is 5. The van der Waals surface area contributed by atoms with Crippen molar-refractivity contribution in [2.75, 3.05) is 17.6 Å². The van der Waals surface area contributed by atoms with E-state index in [2.05, 4.69) is 10.6 Å². The molecule has 1 amide bonds. The lowest BCUT2D eigenvalue weighted by molar-refractivity contribution is 0.0956. The number of carbonyl (C=O) groups is 1. The van der Waals surface area contributed by atoms with Gasteiger partial charge >= 0.3 is 0 Å². The average molecular weight is 287 g/mol. The Bertz CT molecular complexity index is 626. The number of nitrogens with one attached hydrogen (secondary N) is 2. The van der Waals surface area contributed by atoms with Crippen LogP contribution in [-0.4, -0.2) is 12.5 Å². The van der Waals surface area contributed by atoms with Crippen molar-refractivity contribution in [3.05, 3.63) is 59.4 Å². The maximum absolute atomic E-state index is 12.8. The Labute approximate surface area is 123 Å². The van der Waals surface area contributed by atoms with Gasteiger partial charge in [-0.1, -0.05) is 12.1 Å². The van der Waals surface area contributed by atoms with Crippen LogP contribution < -0.4 is 16.4 Å². The molecule has 0 saturated heterocycles. The molecule has 0 fully saturated rings. The minimum atomic E-state index is -0.255. The van der Waals surface area contributed by atoms with E-state index in [1.807, 2.05) is 6.92 Å². The lowest BCUT2D eigenvalue weighted by Gasteiger charge is -2.10. The highest BCUT2D eigenvalue weighted by molar-refractivity contribution is 5.99. The number of hydrogen-bond acceptors (Lipinski definition) is 3. The van der Waals surface area contributed by atoms with Crippen LogP contribution in [0, 0.1) is 5.82 Å². The summed E-state index contributed by atoms with van der Waals surface area (Å²) in [5.74, 6) is -0.436. The van der Waals surface area contributed by atoms with Crippen LogP contribution >= 0.6 is 0 Å². The van der Waals surface area contributed by atoms with Gasteiger partial charge in [0.1, 0.15) is 5.82 Å². The number of nitrogen functional groups attached to an aromatic ring is 1. The molecule has 0 saturated carbocycles. The van der Waals surface area contributed by atoms with Gasteiger partial charge in [0.25, 0.3) is 5.91 Å². The van der Waals surface area contributed by atoms with Crippen LogP contribution in [0.25, 0.3) is 0 Å². The number of carbonyl (C=O) groups excluding carboxylic acids is 1. The minimum Gasteiger partial charge on any atom is -0.398 e. The first-order valence-corrected chi connectivity index (χ1v) is 6.76. The summed E-state index contributed by atoms with van der Waals surface area (Å²) in [5, 5.41) is 5.90. The maximum atomic E-state index is 12.8. The number of nitrogens with two attached hydrogens (primary N) is 1. The van der Waals surface area contributed by atoms with Gasteiger partial charge in [-0.25, -0.2) is 4.39 Å². The van der Waals surface area contributed by atoms with Gasteiger partial charge in [0.05, 0.1) is 5.56 Å². The van der Waals surface area contributed by atoms with Crippen molar-refractivity contribution in [3.63, 3.8) is 0 Å². The molecule has 4 nitrogen and oxygen atoms in total. The van der Waals surface area contributed by atoms with Crippen LogP contribution in [0.5, 0.6) is 0 Å². The second-order valence-corrected chi connectivity index (χ2v) is 4.64. The summed E-state index contributed by atoms with van der Waals surface area (Å²) in [4.78, 5) is 11.7. The van der Waals surface area contributed by atoms with E-state index in [9.17, 15) is 9.18 Å². The predicted octanol–water partition coefficient (Wildman–Crippen LogP) is 2.77. The molecule has 21 heavy (non-hydrogen) atoms. The lowest BCUT2D eigenvalue weighted by Crippen LogP contribution is -2.23. The first kappa shape index (κ1) is 14.8. The second kappa shape index (κ2) is 6.74. The van der Waals surface area contributed by atoms with Crippen molar-refractivity contribution in [1.82, 2.24) is 5.32 Å². The smallest absolute Gasteiger partial charge is 0.253 e. The highest BCUT2D eigenvalue weighted by atomic mass is 19.1. The molecular weight excluding hydrogens is 269 g/mol. The van der Waals surface area contributed by atoms with Gasteiger partial charge in [-0.2, -0.15) is 0 Å². The highest BCUT2D eigenvalue weighted by Crippen LogP contribution is 2.18. The van der Waals surface area contributed by atoms with E-state index in [0.717, 1.165) is 11.3 Å². The van der Waals surface area contributed by atoms with Crippen molar-refractivity contribution in [3.8, 4) is 0 Å². The topological polar surface area (TPSA) is 67.2 Å².